The van der Waals surface area contributed by atoms with Gasteiger partial charge in [-0.15, -0.1) is 6.58 Å². The van der Waals surface area contributed by atoms with Gasteiger partial charge in [0.05, 0.1) is 18.1 Å². The monoisotopic (exact) mass is 298 g/mol. The molecule has 2 N–H and O–H groups in total. The van der Waals surface area contributed by atoms with Gasteiger partial charge in [-0.25, -0.2) is 13.1 Å². The molecule has 0 unspecified atom stereocenters. The van der Waals surface area contributed by atoms with Crippen molar-refractivity contribution >= 4 is 10.0 Å². The largest absolute Gasteiger partial charge is 0.380 e. The van der Waals surface area contributed by atoms with Gasteiger partial charge in [0, 0.05) is 13.1 Å². The second-order valence-corrected chi connectivity index (χ2v) is 6.03. The molecule has 0 aromatic heterocycles. The molecule has 1 aromatic carbocycles. The number of sulfonamides is 1. The molecule has 20 heavy (non-hydrogen) atoms. The molecule has 0 atom stereocenters. The van der Waals surface area contributed by atoms with E-state index >= 15 is 0 Å². The highest BCUT2D eigenvalue weighted by molar-refractivity contribution is 7.89. The Labute approximate surface area is 121 Å². The molecular weight excluding hydrogens is 276 g/mol. The number of benzene rings is 1. The summed E-state index contributed by atoms with van der Waals surface area (Å²) in [4.78, 5) is 0.267. The summed E-state index contributed by atoms with van der Waals surface area (Å²) in [5, 5.41) is 3.01. The van der Waals surface area contributed by atoms with Crippen LogP contribution in [-0.4, -0.2) is 35.2 Å². The summed E-state index contributed by atoms with van der Waals surface area (Å²) in [5.41, 5.74) is 1.04. The lowest BCUT2D eigenvalue weighted by Crippen LogP contribution is -2.27. The minimum Gasteiger partial charge on any atom is -0.380 e. The Bertz CT molecular complexity index is 498. The van der Waals surface area contributed by atoms with Gasteiger partial charge >= 0.3 is 0 Å². The van der Waals surface area contributed by atoms with E-state index in [-0.39, 0.29) is 11.4 Å². The van der Waals surface area contributed by atoms with Crippen molar-refractivity contribution in [2.45, 2.75) is 17.9 Å². The predicted octanol–water partition coefficient (Wildman–Crippen LogP) is 1.28. The summed E-state index contributed by atoms with van der Waals surface area (Å²) >= 11 is 0. The van der Waals surface area contributed by atoms with Crippen LogP contribution in [0.15, 0.2) is 41.8 Å². The maximum Gasteiger partial charge on any atom is 0.240 e. The summed E-state index contributed by atoms with van der Waals surface area (Å²) in [6.07, 6.45) is 2.52. The van der Waals surface area contributed by atoms with E-state index in [0.717, 1.165) is 12.0 Å². The third-order valence-corrected chi connectivity index (χ3v) is 4.10. The molecule has 0 saturated heterocycles. The fraction of sp³-hybridized carbons (Fsp3) is 0.429. The summed E-state index contributed by atoms with van der Waals surface area (Å²) in [6, 6.07) is 6.80. The molecule has 0 aliphatic heterocycles. The summed E-state index contributed by atoms with van der Waals surface area (Å²) in [6.45, 7) is 5.47. The summed E-state index contributed by atoms with van der Waals surface area (Å²) in [7, 11) is -1.61. The van der Waals surface area contributed by atoms with Gasteiger partial charge in [-0.1, -0.05) is 18.2 Å². The van der Waals surface area contributed by atoms with Crippen molar-refractivity contribution in [1.82, 2.24) is 10.0 Å². The van der Waals surface area contributed by atoms with Crippen LogP contribution in [0.1, 0.15) is 12.0 Å². The Hall–Kier alpha value is -1.21. The van der Waals surface area contributed by atoms with E-state index in [4.69, 9.17) is 4.74 Å². The third-order valence-electron chi connectivity index (χ3n) is 2.62. The van der Waals surface area contributed by atoms with E-state index in [1.165, 1.54) is 0 Å². The molecule has 0 amide bonds. The van der Waals surface area contributed by atoms with E-state index in [1.807, 2.05) is 7.05 Å². The Morgan fingerprint density at radius 3 is 2.55 bits per heavy atom. The van der Waals surface area contributed by atoms with Crippen LogP contribution in [0.5, 0.6) is 0 Å². The normalized spacial score (nSPS) is 11.4. The lowest BCUT2D eigenvalue weighted by molar-refractivity contribution is 0.144. The quantitative estimate of drug-likeness (QED) is 0.504. The second-order valence-electron chi connectivity index (χ2n) is 4.26. The van der Waals surface area contributed by atoms with Crippen molar-refractivity contribution in [3.63, 3.8) is 0 Å². The van der Waals surface area contributed by atoms with Crippen molar-refractivity contribution < 1.29 is 13.2 Å². The second kappa shape index (κ2) is 8.86. The van der Waals surface area contributed by atoms with Crippen LogP contribution in [0.25, 0.3) is 0 Å². The fourth-order valence-electron chi connectivity index (χ4n) is 1.59. The van der Waals surface area contributed by atoms with Crippen LogP contribution in [-0.2, 0) is 21.3 Å². The average Bonchev–Trinajstić information content (AvgIpc) is 2.44. The molecule has 0 radical (unpaired) electrons. The molecule has 112 valence electrons. The van der Waals surface area contributed by atoms with E-state index in [1.54, 1.807) is 30.3 Å². The van der Waals surface area contributed by atoms with Gasteiger partial charge in [0.1, 0.15) is 0 Å². The fourth-order valence-corrected chi connectivity index (χ4v) is 2.60. The summed E-state index contributed by atoms with van der Waals surface area (Å²) in [5.74, 6) is 0. The molecule has 0 aliphatic carbocycles. The maximum atomic E-state index is 12.0. The molecule has 0 saturated carbocycles. The van der Waals surface area contributed by atoms with Crippen molar-refractivity contribution in [3.05, 3.63) is 42.5 Å². The first-order valence-electron chi connectivity index (χ1n) is 6.52. The first kappa shape index (κ1) is 16.8. The lowest BCUT2D eigenvalue weighted by Gasteiger charge is -2.08. The van der Waals surface area contributed by atoms with Gasteiger partial charge in [0.15, 0.2) is 0 Å². The molecule has 6 heteroatoms. The molecule has 0 aliphatic rings. The minimum absolute atomic E-state index is 0.262. The van der Waals surface area contributed by atoms with Crippen LogP contribution < -0.4 is 10.0 Å². The molecule has 1 aromatic rings. The number of nitrogens with one attached hydrogen (secondary N) is 2. The third kappa shape index (κ3) is 5.83. The Kier molecular flexibility index (Phi) is 7.46. The number of rotatable bonds is 10. The molecular formula is C14H22N2O3S. The van der Waals surface area contributed by atoms with Crippen LogP contribution in [0.2, 0.25) is 0 Å². The zero-order chi connectivity index (χ0) is 14.8. The van der Waals surface area contributed by atoms with E-state index in [9.17, 15) is 8.42 Å². The molecule has 0 bridgehead atoms. The van der Waals surface area contributed by atoms with Crippen LogP contribution in [0, 0.1) is 0 Å². The highest BCUT2D eigenvalue weighted by Gasteiger charge is 2.12. The maximum absolute atomic E-state index is 12.0. The van der Waals surface area contributed by atoms with Crippen LogP contribution in [0.4, 0.5) is 0 Å². The first-order valence-corrected chi connectivity index (χ1v) is 8.00. The van der Waals surface area contributed by atoms with Crippen LogP contribution in [0.3, 0.4) is 0 Å². The molecule has 0 spiro atoms. The van der Waals surface area contributed by atoms with Crippen molar-refractivity contribution in [2.75, 3.05) is 26.8 Å². The number of ether oxygens (including phenoxy) is 1. The Morgan fingerprint density at radius 2 is 1.95 bits per heavy atom. The number of hydrogen-bond acceptors (Lipinski definition) is 4. The smallest absolute Gasteiger partial charge is 0.240 e. The van der Waals surface area contributed by atoms with Gasteiger partial charge in [-0.05, 0) is 31.2 Å². The molecule has 1 rings (SSSR count). The van der Waals surface area contributed by atoms with Crippen molar-refractivity contribution in [3.8, 4) is 0 Å². The highest BCUT2D eigenvalue weighted by Crippen LogP contribution is 2.10. The molecule has 0 fully saturated rings. The highest BCUT2D eigenvalue weighted by atomic mass is 32.2. The van der Waals surface area contributed by atoms with E-state index < -0.39 is 10.0 Å². The predicted molar refractivity (Wildman–Crippen MR) is 80.0 cm³/mol. The van der Waals surface area contributed by atoms with Gasteiger partial charge in [-0.3, -0.25) is 0 Å². The zero-order valence-electron chi connectivity index (χ0n) is 11.8. The van der Waals surface area contributed by atoms with E-state index in [0.29, 0.717) is 19.8 Å². The van der Waals surface area contributed by atoms with Crippen molar-refractivity contribution in [1.29, 1.82) is 0 Å². The number of hydrogen-bond donors (Lipinski definition) is 2. The minimum atomic E-state index is -3.46. The van der Waals surface area contributed by atoms with Crippen molar-refractivity contribution in [2.24, 2.45) is 0 Å². The topological polar surface area (TPSA) is 67.4 Å². The zero-order valence-corrected chi connectivity index (χ0v) is 12.6. The van der Waals surface area contributed by atoms with Gasteiger partial charge in [0.25, 0.3) is 0 Å². The standard InChI is InChI=1S/C14H22N2O3S/c1-3-4-10-19-11-9-16-20(17,18)14-7-5-13(6-8-14)12-15-2/h3,5-8,15-16H,1,4,9-12H2,2H3. The van der Waals surface area contributed by atoms with Crippen LogP contribution >= 0.6 is 0 Å². The SMILES string of the molecule is C=CCCOCCNS(=O)(=O)c1ccc(CNC)cc1. The Balaban J connectivity index is 2.45. The first-order chi connectivity index (χ1) is 9.60. The molecule has 5 nitrogen and oxygen atoms in total. The van der Waals surface area contributed by atoms with Gasteiger partial charge < -0.3 is 10.1 Å². The Morgan fingerprint density at radius 1 is 1.25 bits per heavy atom. The van der Waals surface area contributed by atoms with Gasteiger partial charge in [-0.2, -0.15) is 0 Å². The van der Waals surface area contributed by atoms with E-state index in [2.05, 4.69) is 16.6 Å². The lowest BCUT2D eigenvalue weighted by atomic mass is 10.2. The average molecular weight is 298 g/mol. The molecule has 0 heterocycles. The summed E-state index contributed by atoms with van der Waals surface area (Å²) < 4.78 is 31.7. The van der Waals surface area contributed by atoms with Gasteiger partial charge in [0.2, 0.25) is 10.0 Å².